The maximum atomic E-state index is 8.45. The largest absolute Gasteiger partial charge is 0.370 e. The zero-order chi connectivity index (χ0) is 10.9. The Balaban J connectivity index is 2.71. The van der Waals surface area contributed by atoms with Crippen molar-refractivity contribution in [3.63, 3.8) is 0 Å². The Morgan fingerprint density at radius 1 is 1.47 bits per heavy atom. The molecule has 1 N–H and O–H groups in total. The highest BCUT2D eigenvalue weighted by molar-refractivity contribution is 5.96. The molecule has 0 saturated heterocycles. The van der Waals surface area contributed by atoms with Gasteiger partial charge in [-0.05, 0) is 18.6 Å². The number of likely N-dealkylation sites (N-methyl/N-ethyl adjacent to an activating group) is 1. The lowest BCUT2D eigenvalue weighted by atomic mass is 10.2. The van der Waals surface area contributed by atoms with Crippen molar-refractivity contribution >= 4 is 11.9 Å². The Bertz CT molecular complexity index is 385. The van der Waals surface area contributed by atoms with Crippen LogP contribution in [0.4, 0.5) is 0 Å². The molecule has 3 nitrogen and oxygen atoms in total. The van der Waals surface area contributed by atoms with Crippen LogP contribution < -0.4 is 5.32 Å². The van der Waals surface area contributed by atoms with Crippen LogP contribution in [0.1, 0.15) is 12.5 Å². The number of amidine groups is 1. The predicted molar refractivity (Wildman–Crippen MR) is 62.2 cm³/mol. The van der Waals surface area contributed by atoms with E-state index in [0.717, 1.165) is 12.1 Å². The van der Waals surface area contributed by atoms with E-state index in [1.807, 2.05) is 43.3 Å². The van der Waals surface area contributed by atoms with Gasteiger partial charge in [0.25, 0.3) is 0 Å². The summed E-state index contributed by atoms with van der Waals surface area (Å²) in [4.78, 5) is 3.65. The fourth-order valence-electron chi connectivity index (χ4n) is 1.11. The van der Waals surface area contributed by atoms with Crippen LogP contribution in [-0.2, 0) is 0 Å². The van der Waals surface area contributed by atoms with Crippen LogP contribution in [0.25, 0.3) is 6.08 Å². The molecular weight excluding hydrogens is 186 g/mol. The number of nitrogens with one attached hydrogen (secondary N) is 1. The second-order valence-corrected chi connectivity index (χ2v) is 2.87. The third-order valence-electron chi connectivity index (χ3n) is 1.76. The fraction of sp³-hybridized carbons (Fsp3) is 0.167. The Morgan fingerprint density at radius 2 is 2.20 bits per heavy atom. The summed E-state index contributed by atoms with van der Waals surface area (Å²) in [6, 6.07) is 9.88. The second-order valence-electron chi connectivity index (χ2n) is 2.87. The third kappa shape index (κ3) is 4.10. The Morgan fingerprint density at radius 3 is 2.80 bits per heavy atom. The van der Waals surface area contributed by atoms with Crippen molar-refractivity contribution in [2.75, 3.05) is 6.54 Å². The van der Waals surface area contributed by atoms with Gasteiger partial charge in [0.15, 0.2) is 0 Å². The maximum absolute atomic E-state index is 8.45. The van der Waals surface area contributed by atoms with E-state index in [1.54, 1.807) is 12.3 Å². The van der Waals surface area contributed by atoms with Crippen LogP contribution in [0, 0.1) is 11.5 Å². The summed E-state index contributed by atoms with van der Waals surface area (Å²) in [5.41, 5.74) is 1.08. The van der Waals surface area contributed by atoms with Crippen molar-refractivity contribution in [2.24, 2.45) is 4.99 Å². The molecule has 0 unspecified atom stereocenters. The third-order valence-corrected chi connectivity index (χ3v) is 1.76. The van der Waals surface area contributed by atoms with Gasteiger partial charge in [-0.2, -0.15) is 10.3 Å². The first kappa shape index (κ1) is 11.0. The molecule has 0 amide bonds. The van der Waals surface area contributed by atoms with Gasteiger partial charge in [-0.3, -0.25) is 0 Å². The monoisotopic (exact) mass is 199 g/mol. The van der Waals surface area contributed by atoms with E-state index in [-0.39, 0.29) is 0 Å². The van der Waals surface area contributed by atoms with E-state index >= 15 is 0 Å². The number of benzene rings is 1. The van der Waals surface area contributed by atoms with Gasteiger partial charge >= 0.3 is 0 Å². The van der Waals surface area contributed by atoms with Crippen LogP contribution in [0.5, 0.6) is 0 Å². The molecule has 0 aliphatic carbocycles. The molecule has 0 radical (unpaired) electrons. The van der Waals surface area contributed by atoms with E-state index in [0.29, 0.717) is 5.84 Å². The molecule has 0 atom stereocenters. The van der Waals surface area contributed by atoms with Crippen molar-refractivity contribution in [1.29, 1.82) is 5.26 Å². The van der Waals surface area contributed by atoms with E-state index < -0.39 is 0 Å². The van der Waals surface area contributed by atoms with Gasteiger partial charge < -0.3 is 5.32 Å². The van der Waals surface area contributed by atoms with E-state index in [4.69, 9.17) is 5.26 Å². The van der Waals surface area contributed by atoms with Crippen LogP contribution >= 0.6 is 0 Å². The number of nitrogens with zero attached hydrogens (tertiary/aromatic N) is 2. The summed E-state index contributed by atoms with van der Waals surface area (Å²) in [6.45, 7) is 2.71. The van der Waals surface area contributed by atoms with Crippen molar-refractivity contribution in [3.8, 4) is 6.19 Å². The molecule has 0 heterocycles. The quantitative estimate of drug-likeness (QED) is 0.461. The summed E-state index contributed by atoms with van der Waals surface area (Å²) in [5, 5.41) is 11.4. The van der Waals surface area contributed by atoms with Gasteiger partial charge in [0.2, 0.25) is 6.19 Å². The van der Waals surface area contributed by atoms with Gasteiger partial charge in [0.05, 0.1) is 0 Å². The molecule has 0 aromatic heterocycles. The first-order valence-corrected chi connectivity index (χ1v) is 4.80. The standard InChI is InChI=1S/C12H13N3/c1-2-14-12(15-10-13)9-8-11-6-4-3-5-7-11/h3-9H,2H2,1H3,(H,14,15)/b9-8+. The van der Waals surface area contributed by atoms with Crippen molar-refractivity contribution in [1.82, 2.24) is 5.32 Å². The van der Waals surface area contributed by atoms with Gasteiger partial charge in [0.1, 0.15) is 5.84 Å². The first-order chi connectivity index (χ1) is 7.36. The first-order valence-electron chi connectivity index (χ1n) is 4.80. The minimum Gasteiger partial charge on any atom is -0.370 e. The van der Waals surface area contributed by atoms with E-state index in [9.17, 15) is 0 Å². The molecule has 76 valence electrons. The predicted octanol–water partition coefficient (Wildman–Crippen LogP) is 2.19. The Kier molecular flexibility index (Phi) is 4.68. The van der Waals surface area contributed by atoms with Gasteiger partial charge in [-0.1, -0.05) is 36.4 Å². The summed E-state index contributed by atoms with van der Waals surface area (Å²) < 4.78 is 0. The Hall–Kier alpha value is -2.08. The molecule has 0 aliphatic heterocycles. The van der Waals surface area contributed by atoms with Crippen molar-refractivity contribution < 1.29 is 0 Å². The lowest BCUT2D eigenvalue weighted by molar-refractivity contribution is 0.971. The normalized spacial score (nSPS) is 11.3. The molecule has 0 saturated carbocycles. The molecule has 1 rings (SSSR count). The molecule has 1 aromatic carbocycles. The topological polar surface area (TPSA) is 48.2 Å². The maximum Gasteiger partial charge on any atom is 0.207 e. The Labute approximate surface area is 89.8 Å². The molecule has 0 spiro atoms. The minimum absolute atomic E-state index is 0.587. The molecule has 0 bridgehead atoms. The fourth-order valence-corrected chi connectivity index (χ4v) is 1.11. The average molecular weight is 199 g/mol. The van der Waals surface area contributed by atoms with Crippen LogP contribution in [0.3, 0.4) is 0 Å². The summed E-state index contributed by atoms with van der Waals surface area (Å²) >= 11 is 0. The lowest BCUT2D eigenvalue weighted by Crippen LogP contribution is -2.20. The number of hydrogen-bond donors (Lipinski definition) is 1. The highest BCUT2D eigenvalue weighted by Crippen LogP contribution is 2.00. The SMILES string of the molecule is CCNC(/C=C/c1ccccc1)=N/C#N. The molecule has 0 aliphatic rings. The van der Waals surface area contributed by atoms with E-state index in [1.165, 1.54) is 0 Å². The number of rotatable bonds is 3. The van der Waals surface area contributed by atoms with Crippen molar-refractivity contribution in [2.45, 2.75) is 6.92 Å². The summed E-state index contributed by atoms with van der Waals surface area (Å²) in [7, 11) is 0. The second kappa shape index (κ2) is 6.39. The lowest BCUT2D eigenvalue weighted by Gasteiger charge is -1.99. The number of aliphatic imine (C=N–C) groups is 1. The van der Waals surface area contributed by atoms with Crippen LogP contribution in [-0.4, -0.2) is 12.4 Å². The van der Waals surface area contributed by atoms with Gasteiger partial charge in [0, 0.05) is 6.54 Å². The molecule has 0 fully saturated rings. The van der Waals surface area contributed by atoms with Crippen molar-refractivity contribution in [3.05, 3.63) is 42.0 Å². The molecule has 1 aromatic rings. The molecule has 15 heavy (non-hydrogen) atoms. The zero-order valence-electron chi connectivity index (χ0n) is 8.64. The summed E-state index contributed by atoms with van der Waals surface area (Å²) in [5.74, 6) is 0.587. The number of hydrogen-bond acceptors (Lipinski definition) is 2. The summed E-state index contributed by atoms with van der Waals surface area (Å²) in [6.07, 6.45) is 5.47. The molecular formula is C12H13N3. The average Bonchev–Trinajstić information content (AvgIpc) is 2.28. The zero-order valence-corrected chi connectivity index (χ0v) is 8.64. The minimum atomic E-state index is 0.587. The highest BCUT2D eigenvalue weighted by Gasteiger charge is 1.90. The van der Waals surface area contributed by atoms with E-state index in [2.05, 4.69) is 10.3 Å². The van der Waals surface area contributed by atoms with Crippen LogP contribution in [0.2, 0.25) is 0 Å². The highest BCUT2D eigenvalue weighted by atomic mass is 15.0. The molecule has 3 heteroatoms. The number of nitriles is 1. The van der Waals surface area contributed by atoms with Gasteiger partial charge in [-0.15, -0.1) is 0 Å². The van der Waals surface area contributed by atoms with Gasteiger partial charge in [-0.25, -0.2) is 0 Å². The van der Waals surface area contributed by atoms with Crippen LogP contribution in [0.15, 0.2) is 41.4 Å². The smallest absolute Gasteiger partial charge is 0.207 e.